The molecule has 4 aromatic carbocycles. The SMILES string of the molecule is Cc1cc(C)c(B(C2=CC3=C4CCCC4=C4C=C(B(c5c(C)cc(C)cc5C)c5c(C)cc(C)cc5C)SC4(C)C3(C)S2)c2c(C)cc(C)cc2C)c(C)c1. The van der Waals surface area contributed by atoms with Crippen LogP contribution in [0.5, 0.6) is 0 Å². The van der Waals surface area contributed by atoms with Gasteiger partial charge in [0.2, 0.25) is 13.4 Å². The third-order valence-electron chi connectivity index (χ3n) is 13.7. The van der Waals surface area contributed by atoms with Gasteiger partial charge in [-0.15, -0.1) is 23.5 Å². The van der Waals surface area contributed by atoms with E-state index in [0.29, 0.717) is 0 Å². The van der Waals surface area contributed by atoms with Crippen molar-refractivity contribution in [3.05, 3.63) is 159 Å². The van der Waals surface area contributed by atoms with E-state index >= 15 is 0 Å². The summed E-state index contributed by atoms with van der Waals surface area (Å²) in [6.45, 7) is 33.4. The first-order chi connectivity index (χ1) is 25.9. The Bertz CT molecular complexity index is 2090. The fourth-order valence-electron chi connectivity index (χ4n) is 11.7. The van der Waals surface area contributed by atoms with Gasteiger partial charge in [0.05, 0.1) is 9.49 Å². The lowest BCUT2D eigenvalue weighted by molar-refractivity contribution is 0.607. The molecule has 2 unspecified atom stereocenters. The van der Waals surface area contributed by atoms with Crippen molar-refractivity contribution in [2.75, 3.05) is 0 Å². The molecule has 0 radical (unpaired) electrons. The molecule has 2 heterocycles. The molecular weight excluding hydrogens is 698 g/mol. The first-order valence-corrected chi connectivity index (χ1v) is 22.2. The second-order valence-corrected chi connectivity index (χ2v) is 21.1. The molecule has 4 aliphatic rings. The molecule has 55 heavy (non-hydrogen) atoms. The van der Waals surface area contributed by atoms with Crippen molar-refractivity contribution in [2.45, 2.75) is 126 Å². The van der Waals surface area contributed by atoms with Gasteiger partial charge in [-0.1, -0.05) is 149 Å². The highest BCUT2D eigenvalue weighted by atomic mass is 32.2. The van der Waals surface area contributed by atoms with Gasteiger partial charge in [-0.2, -0.15) is 0 Å². The van der Waals surface area contributed by atoms with Crippen LogP contribution in [0, 0.1) is 83.1 Å². The van der Waals surface area contributed by atoms with Crippen LogP contribution < -0.4 is 21.9 Å². The van der Waals surface area contributed by atoms with Crippen LogP contribution in [0.2, 0.25) is 0 Å². The van der Waals surface area contributed by atoms with E-state index in [4.69, 9.17) is 0 Å². The molecule has 0 nitrogen and oxygen atoms in total. The summed E-state index contributed by atoms with van der Waals surface area (Å²) in [5.41, 5.74) is 29.1. The number of fused-ring (bicyclic) bond motifs is 4. The molecule has 0 N–H and O–H groups in total. The highest BCUT2D eigenvalue weighted by Gasteiger charge is 2.61. The number of hydrogen-bond donors (Lipinski definition) is 0. The van der Waals surface area contributed by atoms with Crippen LogP contribution in [-0.4, -0.2) is 22.9 Å². The summed E-state index contributed by atoms with van der Waals surface area (Å²) in [5, 5.41) is 0. The smallest absolute Gasteiger partial charge is 0.126 e. The molecule has 1 fully saturated rings. The average molecular weight is 757 g/mol. The number of allylic oxidation sites excluding steroid dienone is 4. The average Bonchev–Trinajstić information content (AvgIpc) is 3.77. The molecule has 2 atom stereocenters. The van der Waals surface area contributed by atoms with Crippen LogP contribution >= 0.6 is 23.5 Å². The molecule has 8 rings (SSSR count). The predicted molar refractivity (Wildman–Crippen MR) is 249 cm³/mol. The van der Waals surface area contributed by atoms with E-state index in [0.717, 1.165) is 0 Å². The van der Waals surface area contributed by atoms with Crippen LogP contribution in [0.25, 0.3) is 0 Å². The Kier molecular flexibility index (Phi) is 9.57. The molecule has 0 bridgehead atoms. The molecule has 2 aliphatic carbocycles. The van der Waals surface area contributed by atoms with Gasteiger partial charge in [-0.3, -0.25) is 0 Å². The summed E-state index contributed by atoms with van der Waals surface area (Å²) in [7, 11) is 0. The summed E-state index contributed by atoms with van der Waals surface area (Å²) in [5.74, 6) is 0. The van der Waals surface area contributed by atoms with Crippen LogP contribution in [-0.2, 0) is 0 Å². The van der Waals surface area contributed by atoms with Crippen molar-refractivity contribution < 1.29 is 0 Å². The zero-order chi connectivity index (χ0) is 39.5. The van der Waals surface area contributed by atoms with Crippen molar-refractivity contribution in [2.24, 2.45) is 0 Å². The number of thioether (sulfide) groups is 2. The number of benzene rings is 4. The minimum Gasteiger partial charge on any atom is -0.126 e. The molecule has 0 amide bonds. The molecule has 0 spiro atoms. The number of rotatable bonds is 6. The van der Waals surface area contributed by atoms with Gasteiger partial charge in [-0.25, -0.2) is 0 Å². The van der Waals surface area contributed by atoms with E-state index in [1.807, 2.05) is 0 Å². The molecule has 4 aromatic rings. The zero-order valence-electron chi connectivity index (χ0n) is 35.9. The van der Waals surface area contributed by atoms with E-state index in [1.165, 1.54) is 117 Å². The lowest BCUT2D eigenvalue weighted by Gasteiger charge is -2.47. The molecule has 1 saturated carbocycles. The fourth-order valence-corrected chi connectivity index (χ4v) is 15.2. The maximum absolute atomic E-state index is 2.70. The fraction of sp³-hybridized carbons (Fsp3) is 0.373. The maximum atomic E-state index is 2.70. The van der Waals surface area contributed by atoms with Gasteiger partial charge in [0.15, 0.2) is 0 Å². The van der Waals surface area contributed by atoms with Crippen molar-refractivity contribution in [1.29, 1.82) is 0 Å². The maximum Gasteiger partial charge on any atom is 0.250 e. The van der Waals surface area contributed by atoms with Crippen LogP contribution in [0.1, 0.15) is 99.9 Å². The van der Waals surface area contributed by atoms with Crippen LogP contribution in [0.15, 0.2) is 92.6 Å². The Morgan fingerprint density at radius 1 is 0.400 bits per heavy atom. The van der Waals surface area contributed by atoms with Gasteiger partial charge < -0.3 is 0 Å². The van der Waals surface area contributed by atoms with Gasteiger partial charge >= 0.3 is 0 Å². The quantitative estimate of drug-likeness (QED) is 0.180. The van der Waals surface area contributed by atoms with Crippen molar-refractivity contribution in [3.8, 4) is 0 Å². The third-order valence-corrected chi connectivity index (χ3v) is 17.1. The minimum absolute atomic E-state index is 0.111. The molecular formula is C51H58B2S2. The van der Waals surface area contributed by atoms with Crippen molar-refractivity contribution >= 4 is 58.8 Å². The largest absolute Gasteiger partial charge is 0.250 e. The highest BCUT2D eigenvalue weighted by molar-refractivity contribution is 8.11. The normalized spacial score (nSPS) is 21.5. The Morgan fingerprint density at radius 2 is 0.636 bits per heavy atom. The molecule has 0 saturated heterocycles. The molecule has 2 aliphatic heterocycles. The predicted octanol–water partition coefficient (Wildman–Crippen LogP) is 11.0. The number of hydrogen-bond acceptors (Lipinski definition) is 2. The summed E-state index contributed by atoms with van der Waals surface area (Å²) in [4.78, 5) is 3.04. The second-order valence-electron chi connectivity index (χ2n) is 18.1. The highest BCUT2D eigenvalue weighted by Crippen LogP contribution is 2.68. The van der Waals surface area contributed by atoms with Crippen molar-refractivity contribution in [3.63, 3.8) is 0 Å². The summed E-state index contributed by atoms with van der Waals surface area (Å²) < 4.78 is -0.222. The lowest BCUT2D eigenvalue weighted by atomic mass is 9.37. The summed E-state index contributed by atoms with van der Waals surface area (Å²) in [6, 6.07) is 19.3. The second kappa shape index (κ2) is 13.7. The van der Waals surface area contributed by atoms with Crippen molar-refractivity contribution in [1.82, 2.24) is 0 Å². The van der Waals surface area contributed by atoms with Crippen LogP contribution in [0.3, 0.4) is 0 Å². The molecule has 4 heteroatoms. The molecule has 0 aromatic heterocycles. The first-order valence-electron chi connectivity index (χ1n) is 20.5. The summed E-state index contributed by atoms with van der Waals surface area (Å²) >= 11 is 4.40. The third kappa shape index (κ3) is 5.98. The van der Waals surface area contributed by atoms with E-state index in [-0.39, 0.29) is 22.9 Å². The van der Waals surface area contributed by atoms with Gasteiger partial charge in [0, 0.05) is 0 Å². The topological polar surface area (TPSA) is 0 Å². The first kappa shape index (κ1) is 38.5. The Hall–Kier alpha value is -3.33. The van der Waals surface area contributed by atoms with Gasteiger partial charge in [0.1, 0.15) is 0 Å². The Morgan fingerprint density at radius 3 is 0.873 bits per heavy atom. The zero-order valence-corrected chi connectivity index (χ0v) is 37.5. The van der Waals surface area contributed by atoms with E-state index in [1.54, 1.807) is 22.3 Å². The van der Waals surface area contributed by atoms with E-state index in [2.05, 4.69) is 181 Å². The van der Waals surface area contributed by atoms with Gasteiger partial charge in [-0.05, 0) is 148 Å². The summed E-state index contributed by atoms with van der Waals surface area (Å²) in [6.07, 6.45) is 9.02. The Balaban J connectivity index is 1.33. The van der Waals surface area contributed by atoms with Gasteiger partial charge in [0.25, 0.3) is 0 Å². The minimum atomic E-state index is -0.111. The van der Waals surface area contributed by atoms with E-state index in [9.17, 15) is 0 Å². The Labute approximate surface area is 342 Å². The molecule has 280 valence electrons. The number of aryl methyl sites for hydroxylation is 12. The van der Waals surface area contributed by atoms with E-state index < -0.39 is 0 Å². The lowest BCUT2D eigenvalue weighted by Crippen LogP contribution is -2.51. The monoisotopic (exact) mass is 756 g/mol. The van der Waals surface area contributed by atoms with Crippen LogP contribution in [0.4, 0.5) is 0 Å². The standard InChI is InChI=1S/C51H58B2S2/c1-28-18-32(5)46(33(6)19-28)52(47-34(7)20-29(2)21-35(47)8)44-26-42-40-16-15-17-41(40)43-27-45(55-51(43,14)50(42,13)54-44)53(48-36(9)22-30(3)23-37(48)10)49-38(11)24-31(4)25-39(49)12/h18-27H,15-17H2,1-14H3.